The first-order valence-corrected chi connectivity index (χ1v) is 11.8. The molecule has 1 heterocycles. The van der Waals surface area contributed by atoms with Crippen LogP contribution in [0.2, 0.25) is 0 Å². The van der Waals surface area contributed by atoms with Crippen LogP contribution in [0.4, 0.5) is 15.8 Å². The Bertz CT molecular complexity index is 1160. The van der Waals surface area contributed by atoms with Gasteiger partial charge in [-0.2, -0.15) is 0 Å². The molecular formula is C27H28FN3O4. The number of nitrogens with one attached hydrogen (secondary N) is 3. The number of rotatable bonds is 8. The molecule has 2 aromatic carbocycles. The second-order valence-corrected chi connectivity index (χ2v) is 8.70. The second kappa shape index (κ2) is 11.5. The Labute approximate surface area is 203 Å². The van der Waals surface area contributed by atoms with Gasteiger partial charge in [0.1, 0.15) is 11.9 Å². The minimum absolute atomic E-state index is 0.0117. The molecule has 1 aromatic heterocycles. The zero-order valence-electron chi connectivity index (χ0n) is 19.3. The maximum absolute atomic E-state index is 14.4. The van der Waals surface area contributed by atoms with Gasteiger partial charge < -0.3 is 20.4 Å². The first-order valence-electron chi connectivity index (χ1n) is 11.8. The van der Waals surface area contributed by atoms with Crippen LogP contribution >= 0.6 is 0 Å². The van der Waals surface area contributed by atoms with Crippen LogP contribution in [0, 0.1) is 11.7 Å². The fraction of sp³-hybridized carbons (Fsp3) is 0.296. The van der Waals surface area contributed by atoms with Gasteiger partial charge in [0.15, 0.2) is 5.76 Å². The first-order chi connectivity index (χ1) is 17.0. The van der Waals surface area contributed by atoms with Gasteiger partial charge >= 0.3 is 0 Å². The number of anilines is 2. The summed E-state index contributed by atoms with van der Waals surface area (Å²) in [6.45, 7) is 0. The number of halogens is 1. The van der Waals surface area contributed by atoms with E-state index in [1.54, 1.807) is 6.07 Å². The van der Waals surface area contributed by atoms with Gasteiger partial charge in [-0.3, -0.25) is 14.4 Å². The molecule has 1 aliphatic rings. The van der Waals surface area contributed by atoms with E-state index in [-0.39, 0.29) is 29.7 Å². The summed E-state index contributed by atoms with van der Waals surface area (Å²) in [5.74, 6) is -1.84. The molecule has 1 saturated carbocycles. The number of carbonyl (C=O) groups is 3. The van der Waals surface area contributed by atoms with E-state index in [1.165, 1.54) is 30.5 Å². The van der Waals surface area contributed by atoms with Crippen LogP contribution in [0.3, 0.4) is 0 Å². The van der Waals surface area contributed by atoms with E-state index in [2.05, 4.69) is 16.0 Å². The van der Waals surface area contributed by atoms with Crippen molar-refractivity contribution < 1.29 is 23.2 Å². The van der Waals surface area contributed by atoms with E-state index in [0.29, 0.717) is 5.69 Å². The van der Waals surface area contributed by atoms with E-state index in [9.17, 15) is 18.8 Å². The van der Waals surface area contributed by atoms with Crippen molar-refractivity contribution in [1.82, 2.24) is 5.32 Å². The lowest BCUT2D eigenvalue weighted by Crippen LogP contribution is -2.45. The van der Waals surface area contributed by atoms with Crippen LogP contribution in [0.5, 0.6) is 0 Å². The first kappa shape index (κ1) is 24.2. The summed E-state index contributed by atoms with van der Waals surface area (Å²) in [4.78, 5) is 38.3. The highest BCUT2D eigenvalue weighted by Crippen LogP contribution is 2.26. The van der Waals surface area contributed by atoms with Gasteiger partial charge in [0, 0.05) is 18.0 Å². The molecule has 3 amide bonds. The highest BCUT2D eigenvalue weighted by molar-refractivity contribution is 6.01. The molecule has 0 radical (unpaired) electrons. The summed E-state index contributed by atoms with van der Waals surface area (Å²) < 4.78 is 19.5. The summed E-state index contributed by atoms with van der Waals surface area (Å²) >= 11 is 0. The Morgan fingerprint density at radius 1 is 0.943 bits per heavy atom. The van der Waals surface area contributed by atoms with Crippen molar-refractivity contribution >= 4 is 29.1 Å². The van der Waals surface area contributed by atoms with Gasteiger partial charge in [-0.15, -0.1) is 0 Å². The Morgan fingerprint density at radius 2 is 1.71 bits per heavy atom. The second-order valence-electron chi connectivity index (χ2n) is 8.70. The van der Waals surface area contributed by atoms with Crippen LogP contribution < -0.4 is 16.0 Å². The molecule has 8 heteroatoms. The third-order valence-electron chi connectivity index (χ3n) is 6.12. The monoisotopic (exact) mass is 477 g/mol. The van der Waals surface area contributed by atoms with Crippen molar-refractivity contribution in [3.05, 3.63) is 84.1 Å². The molecule has 7 nitrogen and oxygen atoms in total. The quantitative estimate of drug-likeness (QED) is 0.429. The average Bonchev–Trinajstić information content (AvgIpc) is 3.42. The van der Waals surface area contributed by atoms with Crippen molar-refractivity contribution in [3.63, 3.8) is 0 Å². The van der Waals surface area contributed by atoms with E-state index in [1.807, 2.05) is 30.3 Å². The SMILES string of the molecule is O=C(NC(Cc1ccccc1)C(=O)Nc1ccc(F)c(NC(=O)C2CCCCC2)c1)c1ccco1. The number of furan rings is 1. The molecule has 0 aliphatic heterocycles. The van der Waals surface area contributed by atoms with Crippen LogP contribution in [-0.4, -0.2) is 23.8 Å². The highest BCUT2D eigenvalue weighted by atomic mass is 19.1. The maximum atomic E-state index is 14.4. The molecule has 3 N–H and O–H groups in total. The third-order valence-corrected chi connectivity index (χ3v) is 6.12. The van der Waals surface area contributed by atoms with Gasteiger partial charge in [0.05, 0.1) is 12.0 Å². The predicted octanol–water partition coefficient (Wildman–Crippen LogP) is 4.92. The topological polar surface area (TPSA) is 100 Å². The molecule has 1 aliphatic carbocycles. The fourth-order valence-electron chi connectivity index (χ4n) is 4.22. The molecule has 3 aromatic rings. The van der Waals surface area contributed by atoms with Crippen molar-refractivity contribution in [2.45, 2.75) is 44.6 Å². The smallest absolute Gasteiger partial charge is 0.287 e. The minimum atomic E-state index is -0.916. The highest BCUT2D eigenvalue weighted by Gasteiger charge is 2.25. The van der Waals surface area contributed by atoms with Crippen molar-refractivity contribution in [1.29, 1.82) is 0 Å². The number of hydrogen-bond acceptors (Lipinski definition) is 4. The Kier molecular flexibility index (Phi) is 7.92. The molecule has 4 rings (SSSR count). The molecule has 1 atom stereocenters. The summed E-state index contributed by atoms with van der Waals surface area (Å²) in [5.41, 5.74) is 1.17. The summed E-state index contributed by atoms with van der Waals surface area (Å²) in [6.07, 6.45) is 6.29. The number of benzene rings is 2. The Balaban J connectivity index is 1.47. The number of carbonyl (C=O) groups excluding carboxylic acids is 3. The third kappa shape index (κ3) is 6.56. The molecule has 35 heavy (non-hydrogen) atoms. The average molecular weight is 478 g/mol. The normalized spacial score (nSPS) is 14.7. The van der Waals surface area contributed by atoms with E-state index in [4.69, 9.17) is 4.42 Å². The minimum Gasteiger partial charge on any atom is -0.459 e. The van der Waals surface area contributed by atoms with Gasteiger partial charge in [-0.05, 0) is 48.7 Å². The van der Waals surface area contributed by atoms with Gasteiger partial charge in [-0.1, -0.05) is 49.6 Å². The summed E-state index contributed by atoms with van der Waals surface area (Å²) in [5, 5.41) is 8.10. The van der Waals surface area contributed by atoms with Crippen molar-refractivity contribution in [2.75, 3.05) is 10.6 Å². The number of hydrogen-bond donors (Lipinski definition) is 3. The van der Waals surface area contributed by atoms with Crippen molar-refractivity contribution in [3.8, 4) is 0 Å². The molecule has 0 spiro atoms. The van der Waals surface area contributed by atoms with Crippen LogP contribution in [0.1, 0.15) is 48.2 Å². The van der Waals surface area contributed by atoms with E-state index >= 15 is 0 Å². The summed E-state index contributed by atoms with van der Waals surface area (Å²) in [7, 11) is 0. The van der Waals surface area contributed by atoms with Gasteiger partial charge in [-0.25, -0.2) is 4.39 Å². The molecule has 1 fully saturated rings. The Morgan fingerprint density at radius 3 is 2.43 bits per heavy atom. The largest absolute Gasteiger partial charge is 0.459 e. The van der Waals surface area contributed by atoms with Crippen LogP contribution in [-0.2, 0) is 16.0 Å². The molecule has 0 bridgehead atoms. The van der Waals surface area contributed by atoms with E-state index < -0.39 is 23.7 Å². The summed E-state index contributed by atoms with van der Waals surface area (Å²) in [6, 6.07) is 15.4. The van der Waals surface area contributed by atoms with Gasteiger partial charge in [0.25, 0.3) is 5.91 Å². The molecule has 1 unspecified atom stereocenters. The zero-order chi connectivity index (χ0) is 24.6. The molecule has 0 saturated heterocycles. The lowest BCUT2D eigenvalue weighted by molar-refractivity contribution is -0.120. The molecular weight excluding hydrogens is 449 g/mol. The van der Waals surface area contributed by atoms with E-state index in [0.717, 1.165) is 37.7 Å². The van der Waals surface area contributed by atoms with Crippen LogP contribution in [0.15, 0.2) is 71.3 Å². The van der Waals surface area contributed by atoms with Crippen LogP contribution in [0.25, 0.3) is 0 Å². The van der Waals surface area contributed by atoms with Gasteiger partial charge in [0.2, 0.25) is 11.8 Å². The lowest BCUT2D eigenvalue weighted by atomic mass is 9.88. The predicted molar refractivity (Wildman–Crippen MR) is 130 cm³/mol. The lowest BCUT2D eigenvalue weighted by Gasteiger charge is -2.21. The maximum Gasteiger partial charge on any atom is 0.287 e. The standard InChI is InChI=1S/C27H28FN3O4/c28-21-14-13-20(17-22(21)30-25(32)19-10-5-2-6-11-19)29-26(33)23(16-18-8-3-1-4-9-18)31-27(34)24-12-7-15-35-24/h1,3-4,7-9,12-15,17,19,23H,2,5-6,10-11,16H2,(H,29,33)(H,30,32)(H,31,34). The van der Waals surface area contributed by atoms with Crippen molar-refractivity contribution in [2.24, 2.45) is 5.92 Å². The Hall–Kier alpha value is -3.94. The fourth-order valence-corrected chi connectivity index (χ4v) is 4.22. The zero-order valence-corrected chi connectivity index (χ0v) is 19.3. The number of amides is 3. The molecule has 182 valence electrons.